The molecule has 0 spiro atoms. The van der Waals surface area contributed by atoms with E-state index in [0.29, 0.717) is 23.5 Å². The van der Waals surface area contributed by atoms with Gasteiger partial charge in [0.25, 0.3) is 0 Å². The highest BCUT2D eigenvalue weighted by atomic mass is 16.5. The Hall–Kier alpha value is -5.06. The molecule has 0 bridgehead atoms. The third-order valence-corrected chi connectivity index (χ3v) is 7.25. The Bertz CT molecular complexity index is 1800. The van der Waals surface area contributed by atoms with Gasteiger partial charge in [-0.15, -0.1) is 0 Å². The SMILES string of the molecule is c1cnc(Oc2ccc(Nc3nc4ccccc4[nH]3)c3ccccc23)c(-c2ccnc(NCCN3CCOCC3)n2)c1. The number of hydrogen-bond acceptors (Lipinski definition) is 9. The van der Waals surface area contributed by atoms with Gasteiger partial charge in [0.1, 0.15) is 5.75 Å². The van der Waals surface area contributed by atoms with Crippen LogP contribution in [0.2, 0.25) is 0 Å². The first-order valence-corrected chi connectivity index (χ1v) is 14.0. The van der Waals surface area contributed by atoms with Crippen LogP contribution in [-0.4, -0.2) is 69.2 Å². The first-order chi connectivity index (χ1) is 20.8. The van der Waals surface area contributed by atoms with Crippen molar-refractivity contribution in [2.75, 3.05) is 50.0 Å². The average molecular weight is 559 g/mol. The fourth-order valence-electron chi connectivity index (χ4n) is 5.12. The summed E-state index contributed by atoms with van der Waals surface area (Å²) in [5, 5.41) is 8.74. The van der Waals surface area contributed by atoms with Gasteiger partial charge in [0.05, 0.1) is 35.5 Å². The lowest BCUT2D eigenvalue weighted by atomic mass is 10.1. The van der Waals surface area contributed by atoms with E-state index in [0.717, 1.165) is 78.1 Å². The molecule has 0 amide bonds. The van der Waals surface area contributed by atoms with E-state index in [2.05, 4.69) is 41.5 Å². The van der Waals surface area contributed by atoms with Crippen LogP contribution in [0.1, 0.15) is 0 Å². The lowest BCUT2D eigenvalue weighted by Gasteiger charge is -2.26. The molecule has 1 fully saturated rings. The van der Waals surface area contributed by atoms with Crippen molar-refractivity contribution in [3.8, 4) is 22.9 Å². The number of nitrogens with zero attached hydrogens (tertiary/aromatic N) is 5. The highest BCUT2D eigenvalue weighted by molar-refractivity contribution is 5.99. The van der Waals surface area contributed by atoms with Crippen molar-refractivity contribution in [3.05, 3.63) is 91.3 Å². The lowest BCUT2D eigenvalue weighted by molar-refractivity contribution is 0.0398. The third-order valence-electron chi connectivity index (χ3n) is 7.25. The molecule has 4 heterocycles. The smallest absolute Gasteiger partial charge is 0.228 e. The van der Waals surface area contributed by atoms with Crippen molar-refractivity contribution in [2.24, 2.45) is 0 Å². The summed E-state index contributed by atoms with van der Waals surface area (Å²) in [7, 11) is 0. The zero-order valence-electron chi connectivity index (χ0n) is 23.0. The molecule has 1 saturated heterocycles. The largest absolute Gasteiger partial charge is 0.438 e. The van der Waals surface area contributed by atoms with Crippen LogP contribution in [0.4, 0.5) is 17.6 Å². The molecule has 3 aromatic carbocycles. The zero-order chi connectivity index (χ0) is 28.1. The number of morpholine rings is 1. The van der Waals surface area contributed by atoms with Crippen LogP contribution in [0.5, 0.6) is 11.6 Å². The van der Waals surface area contributed by atoms with Crippen molar-refractivity contribution in [2.45, 2.75) is 0 Å². The number of aromatic amines is 1. The van der Waals surface area contributed by atoms with E-state index < -0.39 is 0 Å². The Kier molecular flexibility index (Phi) is 7.28. The Labute approximate surface area is 242 Å². The molecule has 6 aromatic rings. The monoisotopic (exact) mass is 558 g/mol. The van der Waals surface area contributed by atoms with Crippen LogP contribution in [0.3, 0.4) is 0 Å². The molecule has 0 atom stereocenters. The van der Waals surface area contributed by atoms with E-state index >= 15 is 0 Å². The van der Waals surface area contributed by atoms with Gasteiger partial charge in [-0.3, -0.25) is 4.90 Å². The maximum Gasteiger partial charge on any atom is 0.228 e. The topological polar surface area (TPSA) is 113 Å². The predicted octanol–water partition coefficient (Wildman–Crippen LogP) is 5.85. The average Bonchev–Trinajstić information content (AvgIpc) is 3.46. The second-order valence-electron chi connectivity index (χ2n) is 9.99. The Morgan fingerprint density at radius 1 is 0.833 bits per heavy atom. The molecule has 0 saturated carbocycles. The minimum absolute atomic E-state index is 0.471. The number of ether oxygens (including phenoxy) is 2. The van der Waals surface area contributed by atoms with Crippen molar-refractivity contribution in [1.29, 1.82) is 0 Å². The molecule has 0 unspecified atom stereocenters. The summed E-state index contributed by atoms with van der Waals surface area (Å²) < 4.78 is 11.9. The van der Waals surface area contributed by atoms with E-state index in [9.17, 15) is 0 Å². The molecule has 1 aliphatic rings. The second-order valence-corrected chi connectivity index (χ2v) is 9.99. The fraction of sp³-hybridized carbons (Fsp3) is 0.188. The number of rotatable bonds is 9. The van der Waals surface area contributed by atoms with Crippen LogP contribution < -0.4 is 15.4 Å². The summed E-state index contributed by atoms with van der Waals surface area (Å²) >= 11 is 0. The van der Waals surface area contributed by atoms with Gasteiger partial charge in [-0.25, -0.2) is 19.9 Å². The Morgan fingerprint density at radius 2 is 1.69 bits per heavy atom. The molecular weight excluding hydrogens is 528 g/mol. The first-order valence-electron chi connectivity index (χ1n) is 14.0. The van der Waals surface area contributed by atoms with E-state index in [1.807, 2.05) is 72.8 Å². The third kappa shape index (κ3) is 5.58. The molecule has 0 aliphatic carbocycles. The van der Waals surface area contributed by atoms with Crippen LogP contribution in [-0.2, 0) is 4.74 Å². The lowest BCUT2D eigenvalue weighted by Crippen LogP contribution is -2.39. The highest BCUT2D eigenvalue weighted by Gasteiger charge is 2.15. The number of fused-ring (bicyclic) bond motifs is 2. The summed E-state index contributed by atoms with van der Waals surface area (Å²) in [5.74, 6) is 2.42. The molecule has 210 valence electrons. The van der Waals surface area contributed by atoms with Crippen molar-refractivity contribution in [3.63, 3.8) is 0 Å². The molecule has 10 nitrogen and oxygen atoms in total. The second kappa shape index (κ2) is 11.8. The van der Waals surface area contributed by atoms with E-state index in [-0.39, 0.29) is 0 Å². The number of benzene rings is 3. The maximum absolute atomic E-state index is 6.47. The molecule has 42 heavy (non-hydrogen) atoms. The summed E-state index contributed by atoms with van der Waals surface area (Å²) in [6.45, 7) is 5.12. The number of hydrogen-bond donors (Lipinski definition) is 3. The van der Waals surface area contributed by atoms with Gasteiger partial charge in [-0.1, -0.05) is 36.4 Å². The summed E-state index contributed by atoms with van der Waals surface area (Å²) in [6, 6.07) is 25.7. The predicted molar refractivity (Wildman–Crippen MR) is 164 cm³/mol. The summed E-state index contributed by atoms with van der Waals surface area (Å²) in [5.41, 5.74) is 4.32. The van der Waals surface area contributed by atoms with Gasteiger partial charge in [-0.05, 0) is 42.5 Å². The maximum atomic E-state index is 6.47. The molecule has 0 radical (unpaired) electrons. The van der Waals surface area contributed by atoms with Gasteiger partial charge >= 0.3 is 0 Å². The number of para-hydroxylation sites is 2. The quantitative estimate of drug-likeness (QED) is 0.201. The molecule has 7 rings (SSSR count). The van der Waals surface area contributed by atoms with Crippen LogP contribution in [0, 0.1) is 0 Å². The Morgan fingerprint density at radius 3 is 2.60 bits per heavy atom. The number of aromatic nitrogens is 5. The van der Waals surface area contributed by atoms with Crippen LogP contribution >= 0.6 is 0 Å². The van der Waals surface area contributed by atoms with Gasteiger partial charge in [0.15, 0.2) is 0 Å². The van der Waals surface area contributed by atoms with Gasteiger partial charge in [0.2, 0.25) is 17.8 Å². The highest BCUT2D eigenvalue weighted by Crippen LogP contribution is 2.37. The number of imidazole rings is 1. The molecular formula is C32H30N8O2. The summed E-state index contributed by atoms with van der Waals surface area (Å²) in [6.07, 6.45) is 3.48. The molecule has 3 N–H and O–H groups in total. The number of nitrogens with one attached hydrogen (secondary N) is 3. The van der Waals surface area contributed by atoms with Crippen molar-refractivity contribution < 1.29 is 9.47 Å². The molecule has 3 aromatic heterocycles. The molecule has 1 aliphatic heterocycles. The zero-order valence-corrected chi connectivity index (χ0v) is 23.0. The van der Waals surface area contributed by atoms with Crippen molar-refractivity contribution in [1.82, 2.24) is 29.8 Å². The van der Waals surface area contributed by atoms with Crippen molar-refractivity contribution >= 4 is 39.4 Å². The van der Waals surface area contributed by atoms with E-state index in [4.69, 9.17) is 14.5 Å². The van der Waals surface area contributed by atoms with Crippen LogP contribution in [0.25, 0.3) is 33.1 Å². The van der Waals surface area contributed by atoms with Gasteiger partial charge < -0.3 is 25.1 Å². The standard InChI is InChI=1S/C32H30N8O2/c1-2-7-23-22(6-1)25(37-32-38-27-9-3-4-10-28(27)39-32)11-12-29(23)42-30-24(8-5-14-33-30)26-13-15-34-31(36-26)35-16-17-40-18-20-41-21-19-40/h1-15H,16-21H2,(H,34,35,36)(H2,37,38,39). The minimum atomic E-state index is 0.471. The van der Waals surface area contributed by atoms with Gasteiger partial charge in [0, 0.05) is 55.0 Å². The fourth-order valence-corrected chi connectivity index (χ4v) is 5.12. The van der Waals surface area contributed by atoms with Gasteiger partial charge in [-0.2, -0.15) is 0 Å². The summed E-state index contributed by atoms with van der Waals surface area (Å²) in [4.78, 5) is 24.1. The minimum Gasteiger partial charge on any atom is -0.438 e. The van der Waals surface area contributed by atoms with E-state index in [1.165, 1.54) is 0 Å². The first kappa shape index (κ1) is 25.9. The molecule has 10 heteroatoms. The van der Waals surface area contributed by atoms with E-state index in [1.54, 1.807) is 12.4 Å². The number of pyridine rings is 1. The number of anilines is 3. The Balaban J connectivity index is 1.13. The number of H-pyrrole nitrogens is 1. The van der Waals surface area contributed by atoms with Crippen LogP contribution in [0.15, 0.2) is 91.3 Å². The normalized spacial score (nSPS) is 13.8.